The second-order valence-electron chi connectivity index (χ2n) is 9.99. The smallest absolute Gasteiger partial charge is 0.322 e. The molecule has 3 aromatic rings. The fourth-order valence-corrected chi connectivity index (χ4v) is 4.16. The summed E-state index contributed by atoms with van der Waals surface area (Å²) in [5.41, 5.74) is 4.39. The monoisotopic (exact) mass is 523 g/mol. The first-order chi connectivity index (χ1) is 17.5. The standard InChI is InChI=1S/C28H37N5O3S/c1-19-8-13-23(20(2)16-19)33-25(17-24(31-33)28(3,4)5)30-26(34)18-32(14-15-36-6)27(35)29-21-9-11-22(37-7)12-10-21/h8-13,16-17H,14-15,18H2,1-7H3,(H,29,35)(H,30,34). The van der Waals surface area contributed by atoms with Crippen molar-refractivity contribution in [3.8, 4) is 5.69 Å². The Morgan fingerprint density at radius 2 is 1.76 bits per heavy atom. The van der Waals surface area contributed by atoms with Gasteiger partial charge in [0.05, 0.1) is 18.0 Å². The molecule has 37 heavy (non-hydrogen) atoms. The summed E-state index contributed by atoms with van der Waals surface area (Å²) >= 11 is 1.63. The average Bonchev–Trinajstić information content (AvgIpc) is 3.26. The zero-order valence-electron chi connectivity index (χ0n) is 22.7. The Morgan fingerprint density at radius 1 is 1.05 bits per heavy atom. The van der Waals surface area contributed by atoms with Crippen LogP contribution in [0.5, 0.6) is 0 Å². The summed E-state index contributed by atoms with van der Waals surface area (Å²) in [6.07, 6.45) is 2.00. The number of amides is 3. The van der Waals surface area contributed by atoms with Crippen LogP contribution in [0.3, 0.4) is 0 Å². The highest BCUT2D eigenvalue weighted by molar-refractivity contribution is 7.98. The molecule has 1 heterocycles. The van der Waals surface area contributed by atoms with Gasteiger partial charge in [-0.1, -0.05) is 38.5 Å². The number of aromatic nitrogens is 2. The van der Waals surface area contributed by atoms with E-state index in [2.05, 4.69) is 37.5 Å². The second kappa shape index (κ2) is 12.3. The van der Waals surface area contributed by atoms with Gasteiger partial charge in [-0.25, -0.2) is 9.48 Å². The first kappa shape index (κ1) is 28.3. The van der Waals surface area contributed by atoms with Gasteiger partial charge in [0.2, 0.25) is 5.91 Å². The van der Waals surface area contributed by atoms with Gasteiger partial charge in [0.25, 0.3) is 0 Å². The molecule has 9 heteroatoms. The van der Waals surface area contributed by atoms with Crippen molar-refractivity contribution in [3.63, 3.8) is 0 Å². The van der Waals surface area contributed by atoms with E-state index in [1.807, 2.05) is 62.6 Å². The third-order valence-corrected chi connectivity index (χ3v) is 6.60. The number of thioether (sulfide) groups is 1. The van der Waals surface area contributed by atoms with Gasteiger partial charge in [-0.05, 0) is 56.0 Å². The molecule has 0 spiro atoms. The number of ether oxygens (including phenoxy) is 1. The van der Waals surface area contributed by atoms with E-state index in [9.17, 15) is 9.59 Å². The maximum absolute atomic E-state index is 13.2. The zero-order chi connectivity index (χ0) is 27.2. The van der Waals surface area contributed by atoms with E-state index in [-0.39, 0.29) is 30.4 Å². The van der Waals surface area contributed by atoms with Crippen LogP contribution < -0.4 is 10.6 Å². The van der Waals surface area contributed by atoms with Gasteiger partial charge in [0.15, 0.2) is 0 Å². The Hall–Kier alpha value is -3.30. The quantitative estimate of drug-likeness (QED) is 0.355. The molecule has 0 aliphatic carbocycles. The second-order valence-corrected chi connectivity index (χ2v) is 10.9. The number of nitrogens with one attached hydrogen (secondary N) is 2. The number of carbonyl (C=O) groups excluding carboxylic acids is 2. The Labute approximate surface area is 223 Å². The molecule has 198 valence electrons. The molecule has 0 saturated heterocycles. The predicted molar refractivity (Wildman–Crippen MR) is 151 cm³/mol. The number of methoxy groups -OCH3 is 1. The minimum Gasteiger partial charge on any atom is -0.383 e. The molecular formula is C28H37N5O3S. The molecule has 3 rings (SSSR count). The van der Waals surface area contributed by atoms with E-state index in [4.69, 9.17) is 9.84 Å². The van der Waals surface area contributed by atoms with Gasteiger partial charge in [-0.3, -0.25) is 4.79 Å². The summed E-state index contributed by atoms with van der Waals surface area (Å²) in [4.78, 5) is 28.7. The van der Waals surface area contributed by atoms with E-state index in [1.165, 1.54) is 4.90 Å². The van der Waals surface area contributed by atoms with Gasteiger partial charge in [0.1, 0.15) is 12.4 Å². The van der Waals surface area contributed by atoms with Crippen LogP contribution in [0.1, 0.15) is 37.6 Å². The van der Waals surface area contributed by atoms with Crippen LogP contribution in [0, 0.1) is 13.8 Å². The molecule has 1 aromatic heterocycles. The van der Waals surface area contributed by atoms with Crippen LogP contribution in [0.25, 0.3) is 5.69 Å². The third kappa shape index (κ3) is 7.60. The number of hydrogen-bond donors (Lipinski definition) is 2. The van der Waals surface area contributed by atoms with E-state index in [0.717, 1.165) is 27.4 Å². The zero-order valence-corrected chi connectivity index (χ0v) is 23.5. The molecule has 2 N–H and O–H groups in total. The number of urea groups is 1. The van der Waals surface area contributed by atoms with Crippen LogP contribution >= 0.6 is 11.8 Å². The van der Waals surface area contributed by atoms with Crippen molar-refractivity contribution in [2.24, 2.45) is 0 Å². The van der Waals surface area contributed by atoms with Crippen molar-refractivity contribution in [2.45, 2.75) is 44.9 Å². The number of aryl methyl sites for hydroxylation is 2. The molecule has 0 aliphatic rings. The van der Waals surface area contributed by atoms with Crippen molar-refractivity contribution in [1.82, 2.24) is 14.7 Å². The normalized spacial score (nSPS) is 11.3. The summed E-state index contributed by atoms with van der Waals surface area (Å²) in [6.45, 7) is 10.7. The van der Waals surface area contributed by atoms with Crippen LogP contribution in [0.15, 0.2) is 53.4 Å². The molecule has 2 aromatic carbocycles. The van der Waals surface area contributed by atoms with E-state index >= 15 is 0 Å². The largest absolute Gasteiger partial charge is 0.383 e. The number of nitrogens with zero attached hydrogens (tertiary/aromatic N) is 3. The van der Waals surface area contributed by atoms with Gasteiger partial charge >= 0.3 is 6.03 Å². The summed E-state index contributed by atoms with van der Waals surface area (Å²) in [6, 6.07) is 15.2. The lowest BCUT2D eigenvalue weighted by Crippen LogP contribution is -2.42. The van der Waals surface area contributed by atoms with Crippen molar-refractivity contribution >= 4 is 35.2 Å². The first-order valence-electron chi connectivity index (χ1n) is 12.2. The number of carbonyl (C=O) groups is 2. The molecule has 0 radical (unpaired) electrons. The highest BCUT2D eigenvalue weighted by Crippen LogP contribution is 2.28. The van der Waals surface area contributed by atoms with Gasteiger partial charge in [0, 0.05) is 35.7 Å². The topological polar surface area (TPSA) is 88.5 Å². The molecule has 0 saturated carbocycles. The van der Waals surface area contributed by atoms with Crippen molar-refractivity contribution in [2.75, 3.05) is 43.7 Å². The Morgan fingerprint density at radius 3 is 2.35 bits per heavy atom. The van der Waals surface area contributed by atoms with Crippen molar-refractivity contribution in [1.29, 1.82) is 0 Å². The fraction of sp³-hybridized carbons (Fsp3) is 0.393. The van der Waals surface area contributed by atoms with Crippen LogP contribution in [-0.4, -0.2) is 59.7 Å². The van der Waals surface area contributed by atoms with Crippen LogP contribution in [0.4, 0.5) is 16.3 Å². The van der Waals surface area contributed by atoms with Gasteiger partial charge < -0.3 is 20.3 Å². The van der Waals surface area contributed by atoms with Crippen LogP contribution in [0.2, 0.25) is 0 Å². The Bertz CT molecular complexity index is 1230. The minimum absolute atomic E-state index is 0.138. The maximum Gasteiger partial charge on any atom is 0.322 e. The van der Waals surface area contributed by atoms with Crippen LogP contribution in [-0.2, 0) is 14.9 Å². The van der Waals surface area contributed by atoms with Crippen molar-refractivity contribution < 1.29 is 14.3 Å². The highest BCUT2D eigenvalue weighted by Gasteiger charge is 2.23. The predicted octanol–water partition coefficient (Wildman–Crippen LogP) is 5.63. The first-order valence-corrected chi connectivity index (χ1v) is 13.4. The maximum atomic E-state index is 13.2. The molecule has 0 fully saturated rings. The summed E-state index contributed by atoms with van der Waals surface area (Å²) in [5, 5.41) is 10.7. The number of anilines is 2. The molecule has 0 bridgehead atoms. The SMILES string of the molecule is COCCN(CC(=O)Nc1cc(C(C)(C)C)nn1-c1ccc(C)cc1C)C(=O)Nc1ccc(SC)cc1. The number of rotatable bonds is 9. The third-order valence-electron chi connectivity index (χ3n) is 5.85. The lowest BCUT2D eigenvalue weighted by Gasteiger charge is -2.22. The number of hydrogen-bond acceptors (Lipinski definition) is 5. The van der Waals surface area contributed by atoms with Crippen molar-refractivity contribution in [3.05, 3.63) is 65.4 Å². The fourth-order valence-electron chi connectivity index (χ4n) is 3.75. The summed E-state index contributed by atoms with van der Waals surface area (Å²) in [5.74, 6) is 0.233. The minimum atomic E-state index is -0.373. The summed E-state index contributed by atoms with van der Waals surface area (Å²) in [7, 11) is 1.56. The Kier molecular flexibility index (Phi) is 9.39. The molecular weight excluding hydrogens is 486 g/mol. The van der Waals surface area contributed by atoms with E-state index < -0.39 is 0 Å². The van der Waals surface area contributed by atoms with E-state index in [1.54, 1.807) is 23.6 Å². The molecule has 0 aliphatic heterocycles. The van der Waals surface area contributed by atoms with Gasteiger partial charge in [-0.15, -0.1) is 11.8 Å². The molecule has 3 amide bonds. The molecule has 0 unspecified atom stereocenters. The lowest BCUT2D eigenvalue weighted by molar-refractivity contribution is -0.116. The number of benzene rings is 2. The molecule has 0 atom stereocenters. The van der Waals surface area contributed by atoms with Gasteiger partial charge in [-0.2, -0.15) is 5.10 Å². The average molecular weight is 524 g/mol. The summed E-state index contributed by atoms with van der Waals surface area (Å²) < 4.78 is 6.94. The lowest BCUT2D eigenvalue weighted by atomic mass is 9.92. The Balaban J connectivity index is 1.81. The molecule has 8 nitrogen and oxygen atoms in total. The highest BCUT2D eigenvalue weighted by atomic mass is 32.2. The van der Waals surface area contributed by atoms with E-state index in [0.29, 0.717) is 18.1 Å².